The second-order valence-electron chi connectivity index (χ2n) is 7.85. The van der Waals surface area contributed by atoms with Gasteiger partial charge in [0.1, 0.15) is 4.83 Å². The van der Waals surface area contributed by atoms with Gasteiger partial charge >= 0.3 is 6.03 Å². The van der Waals surface area contributed by atoms with Gasteiger partial charge in [0.05, 0.1) is 23.4 Å². The highest BCUT2D eigenvalue weighted by Gasteiger charge is 2.23. The van der Waals surface area contributed by atoms with Crippen LogP contribution in [0.15, 0.2) is 34.2 Å². The first kappa shape index (κ1) is 23.5. The number of fused-ring (bicyclic) bond motifs is 3. The molecule has 1 aromatic carbocycles. The molecule has 2 aromatic heterocycles. The fraction of sp³-hybridized carbons (Fsp3) is 0.391. The number of carbonyl (C=O) groups is 2. The molecular formula is C23H26N4O4S2. The standard InChI is InChI=1S/C23H26N4O4S2/c1-14-7-9-15(10-8-14)27-21(29)19-16-5-3-4-6-17(16)33-20(19)26-23(27)32-13-18(28)25-22(30)24-11-12-31-2/h7-10H,3-6,11-13H2,1-2H3,(H2,24,25,28,30). The van der Waals surface area contributed by atoms with Crippen LogP contribution in [0.2, 0.25) is 0 Å². The number of hydrogen-bond donors (Lipinski definition) is 2. The van der Waals surface area contributed by atoms with Crippen molar-refractivity contribution in [3.05, 3.63) is 50.6 Å². The maximum absolute atomic E-state index is 13.7. The van der Waals surface area contributed by atoms with Crippen LogP contribution in [0.4, 0.5) is 4.79 Å². The Morgan fingerprint density at radius 1 is 1.21 bits per heavy atom. The number of thioether (sulfide) groups is 1. The molecule has 0 spiro atoms. The summed E-state index contributed by atoms with van der Waals surface area (Å²) in [5.41, 5.74) is 2.81. The van der Waals surface area contributed by atoms with Crippen molar-refractivity contribution in [1.82, 2.24) is 20.2 Å². The fourth-order valence-electron chi connectivity index (χ4n) is 3.81. The number of hydrogen-bond acceptors (Lipinski definition) is 7. The number of nitrogens with one attached hydrogen (secondary N) is 2. The monoisotopic (exact) mass is 486 g/mol. The van der Waals surface area contributed by atoms with Crippen LogP contribution in [-0.4, -0.2) is 47.5 Å². The predicted molar refractivity (Wildman–Crippen MR) is 131 cm³/mol. The van der Waals surface area contributed by atoms with E-state index in [1.165, 1.54) is 12.0 Å². The molecule has 0 saturated carbocycles. The third-order valence-corrected chi connectivity index (χ3v) is 7.55. The number of aryl methyl sites for hydroxylation is 3. The Kier molecular flexibility index (Phi) is 7.46. The number of methoxy groups -OCH3 is 1. The average Bonchev–Trinajstić information content (AvgIpc) is 3.17. The summed E-state index contributed by atoms with van der Waals surface area (Å²) in [5, 5.41) is 5.96. The Labute approximate surface area is 199 Å². The van der Waals surface area contributed by atoms with Crippen LogP contribution in [0.1, 0.15) is 28.8 Å². The number of rotatable bonds is 7. The largest absolute Gasteiger partial charge is 0.383 e. The predicted octanol–water partition coefficient (Wildman–Crippen LogP) is 3.20. The van der Waals surface area contributed by atoms with E-state index in [9.17, 15) is 14.4 Å². The SMILES string of the molecule is COCCNC(=O)NC(=O)CSc1nc2sc3c(c2c(=O)n1-c1ccc(C)cc1)CCCC3. The van der Waals surface area contributed by atoms with Crippen molar-refractivity contribution < 1.29 is 14.3 Å². The van der Waals surface area contributed by atoms with Gasteiger partial charge in [0.15, 0.2) is 5.16 Å². The summed E-state index contributed by atoms with van der Waals surface area (Å²) in [6.45, 7) is 2.64. The molecule has 174 valence electrons. The van der Waals surface area contributed by atoms with E-state index in [-0.39, 0.29) is 11.3 Å². The van der Waals surface area contributed by atoms with Gasteiger partial charge in [-0.15, -0.1) is 11.3 Å². The molecule has 33 heavy (non-hydrogen) atoms. The number of ether oxygens (including phenoxy) is 1. The van der Waals surface area contributed by atoms with E-state index in [1.54, 1.807) is 15.9 Å². The second-order valence-corrected chi connectivity index (χ2v) is 9.87. The second kappa shape index (κ2) is 10.5. The third-order valence-electron chi connectivity index (χ3n) is 5.43. The van der Waals surface area contributed by atoms with Crippen molar-refractivity contribution in [2.75, 3.05) is 26.0 Å². The highest BCUT2D eigenvalue weighted by molar-refractivity contribution is 7.99. The molecule has 4 rings (SSSR count). The zero-order valence-electron chi connectivity index (χ0n) is 18.6. The summed E-state index contributed by atoms with van der Waals surface area (Å²) < 4.78 is 6.45. The van der Waals surface area contributed by atoms with Crippen LogP contribution in [0.3, 0.4) is 0 Å². The number of imide groups is 1. The van der Waals surface area contributed by atoms with E-state index in [2.05, 4.69) is 10.6 Å². The van der Waals surface area contributed by atoms with Gasteiger partial charge in [-0.2, -0.15) is 0 Å². The first-order chi connectivity index (χ1) is 16.0. The lowest BCUT2D eigenvalue weighted by molar-refractivity contribution is -0.117. The van der Waals surface area contributed by atoms with Crippen LogP contribution in [-0.2, 0) is 22.4 Å². The van der Waals surface area contributed by atoms with Crippen LogP contribution >= 0.6 is 23.1 Å². The van der Waals surface area contributed by atoms with Gasteiger partial charge in [-0.3, -0.25) is 19.5 Å². The molecule has 10 heteroatoms. The number of amides is 3. The molecule has 2 N–H and O–H groups in total. The lowest BCUT2D eigenvalue weighted by atomic mass is 9.97. The molecule has 3 aromatic rings. The van der Waals surface area contributed by atoms with Crippen molar-refractivity contribution in [3.8, 4) is 5.69 Å². The van der Waals surface area contributed by atoms with Crippen LogP contribution < -0.4 is 16.2 Å². The summed E-state index contributed by atoms with van der Waals surface area (Å²) >= 11 is 2.72. The Morgan fingerprint density at radius 3 is 2.73 bits per heavy atom. The van der Waals surface area contributed by atoms with Gasteiger partial charge in [-0.05, 0) is 50.3 Å². The van der Waals surface area contributed by atoms with Gasteiger partial charge in [-0.1, -0.05) is 29.5 Å². The van der Waals surface area contributed by atoms with E-state index >= 15 is 0 Å². The maximum atomic E-state index is 13.7. The zero-order chi connectivity index (χ0) is 23.4. The fourth-order valence-corrected chi connectivity index (χ4v) is 5.92. The van der Waals surface area contributed by atoms with Crippen molar-refractivity contribution in [3.63, 3.8) is 0 Å². The van der Waals surface area contributed by atoms with Crippen LogP contribution in [0.5, 0.6) is 0 Å². The number of aromatic nitrogens is 2. The Hall–Kier alpha value is -2.69. The minimum atomic E-state index is -0.581. The quantitative estimate of drug-likeness (QED) is 0.302. The topological polar surface area (TPSA) is 102 Å². The van der Waals surface area contributed by atoms with E-state index in [0.29, 0.717) is 29.4 Å². The van der Waals surface area contributed by atoms with Crippen molar-refractivity contribution in [2.45, 2.75) is 37.8 Å². The number of thiophene rings is 1. The first-order valence-corrected chi connectivity index (χ1v) is 12.6. The molecule has 0 fully saturated rings. The molecule has 8 nitrogen and oxygen atoms in total. The molecule has 2 heterocycles. The normalized spacial score (nSPS) is 13.0. The first-order valence-electron chi connectivity index (χ1n) is 10.8. The van der Waals surface area contributed by atoms with E-state index < -0.39 is 11.9 Å². The maximum Gasteiger partial charge on any atom is 0.321 e. The summed E-state index contributed by atoms with van der Waals surface area (Å²) in [5.74, 6) is -0.516. The van der Waals surface area contributed by atoms with Gasteiger partial charge in [0.2, 0.25) is 5.91 Å². The molecule has 0 bridgehead atoms. The lowest BCUT2D eigenvalue weighted by Crippen LogP contribution is -2.41. The molecule has 3 amide bonds. The summed E-state index contributed by atoms with van der Waals surface area (Å²) in [4.78, 5) is 44.6. The van der Waals surface area contributed by atoms with Crippen LogP contribution in [0.25, 0.3) is 15.9 Å². The molecule has 1 aliphatic carbocycles. The third kappa shape index (κ3) is 5.29. The molecule has 1 aliphatic rings. The molecule has 0 aliphatic heterocycles. The van der Waals surface area contributed by atoms with Gasteiger partial charge in [0, 0.05) is 18.5 Å². The number of benzene rings is 1. The smallest absolute Gasteiger partial charge is 0.321 e. The highest BCUT2D eigenvalue weighted by atomic mass is 32.2. The van der Waals surface area contributed by atoms with E-state index in [0.717, 1.165) is 53.4 Å². The average molecular weight is 487 g/mol. The summed E-state index contributed by atoms with van der Waals surface area (Å²) in [6, 6.07) is 7.08. The molecular weight excluding hydrogens is 460 g/mol. The van der Waals surface area contributed by atoms with E-state index in [4.69, 9.17) is 9.72 Å². The number of urea groups is 1. The minimum Gasteiger partial charge on any atom is -0.383 e. The summed E-state index contributed by atoms with van der Waals surface area (Å²) in [7, 11) is 1.53. The molecule has 0 radical (unpaired) electrons. The minimum absolute atomic E-state index is 0.0490. The number of nitrogens with zero attached hydrogens (tertiary/aromatic N) is 2. The number of carbonyl (C=O) groups excluding carboxylic acids is 2. The van der Waals surface area contributed by atoms with Crippen molar-refractivity contribution in [1.29, 1.82) is 0 Å². The Morgan fingerprint density at radius 2 is 1.97 bits per heavy atom. The van der Waals surface area contributed by atoms with E-state index in [1.807, 2.05) is 31.2 Å². The van der Waals surface area contributed by atoms with Gasteiger partial charge < -0.3 is 10.1 Å². The molecule has 0 unspecified atom stereocenters. The van der Waals surface area contributed by atoms with Gasteiger partial charge in [-0.25, -0.2) is 9.78 Å². The van der Waals surface area contributed by atoms with Crippen LogP contribution in [0, 0.1) is 6.92 Å². The molecule has 0 saturated heterocycles. The van der Waals surface area contributed by atoms with Crippen molar-refractivity contribution >= 4 is 45.3 Å². The Bertz CT molecular complexity index is 1230. The lowest BCUT2D eigenvalue weighted by Gasteiger charge is -2.14. The zero-order valence-corrected chi connectivity index (χ0v) is 20.2. The highest BCUT2D eigenvalue weighted by Crippen LogP contribution is 2.35. The van der Waals surface area contributed by atoms with Gasteiger partial charge in [0.25, 0.3) is 5.56 Å². The van der Waals surface area contributed by atoms with Crippen molar-refractivity contribution in [2.24, 2.45) is 0 Å². The Balaban J connectivity index is 1.64. The summed E-state index contributed by atoms with van der Waals surface area (Å²) in [6.07, 6.45) is 4.07. The molecule has 0 atom stereocenters.